The van der Waals surface area contributed by atoms with Crippen LogP contribution in [0.15, 0.2) is 64.4 Å². The van der Waals surface area contributed by atoms with Crippen molar-refractivity contribution in [3.05, 3.63) is 70.6 Å². The average Bonchev–Trinajstić information content (AvgIpc) is 2.96. The van der Waals surface area contributed by atoms with E-state index in [4.69, 9.17) is 0 Å². The maximum atomic E-state index is 12.5. The van der Waals surface area contributed by atoms with Crippen LogP contribution in [0.1, 0.15) is 22.8 Å². The molecular formula is C21H20N2O3S2. The van der Waals surface area contributed by atoms with Crippen LogP contribution in [0.2, 0.25) is 0 Å². The molecule has 1 aliphatic rings. The first-order valence-corrected chi connectivity index (χ1v) is 10.7. The number of nitrogens with one attached hydrogen (secondary N) is 1. The molecule has 28 heavy (non-hydrogen) atoms. The molecule has 144 valence electrons. The first-order chi connectivity index (χ1) is 13.6. The average molecular weight is 413 g/mol. The number of amides is 3. The Hall–Kier alpha value is -2.51. The SMILES string of the molecule is CCSc1ccccc1C(=O)NCCN1C(=O)S/C(=C/c2ccccc2)C1=O. The van der Waals surface area contributed by atoms with Crippen molar-refractivity contribution in [1.82, 2.24) is 10.2 Å². The van der Waals surface area contributed by atoms with Gasteiger partial charge in [0.2, 0.25) is 0 Å². The second-order valence-corrected chi connectivity index (χ2v) is 8.23. The van der Waals surface area contributed by atoms with Gasteiger partial charge in [-0.15, -0.1) is 11.8 Å². The van der Waals surface area contributed by atoms with Gasteiger partial charge in [0.15, 0.2) is 0 Å². The van der Waals surface area contributed by atoms with E-state index in [-0.39, 0.29) is 30.1 Å². The van der Waals surface area contributed by atoms with Crippen LogP contribution >= 0.6 is 23.5 Å². The van der Waals surface area contributed by atoms with Gasteiger partial charge in [0.1, 0.15) is 0 Å². The molecule has 0 radical (unpaired) electrons. The summed E-state index contributed by atoms with van der Waals surface area (Å²) in [6, 6.07) is 16.8. The first-order valence-electron chi connectivity index (χ1n) is 8.90. The second-order valence-electron chi connectivity index (χ2n) is 5.93. The van der Waals surface area contributed by atoms with Crippen molar-refractivity contribution in [2.24, 2.45) is 0 Å². The fourth-order valence-electron chi connectivity index (χ4n) is 2.71. The number of nitrogens with zero attached hydrogens (tertiary/aromatic N) is 1. The van der Waals surface area contributed by atoms with Gasteiger partial charge < -0.3 is 5.32 Å². The van der Waals surface area contributed by atoms with Crippen LogP contribution in [-0.2, 0) is 4.79 Å². The van der Waals surface area contributed by atoms with E-state index in [0.717, 1.165) is 28.0 Å². The van der Waals surface area contributed by atoms with Crippen LogP contribution in [0.3, 0.4) is 0 Å². The topological polar surface area (TPSA) is 66.5 Å². The Morgan fingerprint density at radius 2 is 1.82 bits per heavy atom. The summed E-state index contributed by atoms with van der Waals surface area (Å²) in [5, 5.41) is 2.49. The molecule has 0 atom stereocenters. The molecular weight excluding hydrogens is 392 g/mol. The number of carbonyl (C=O) groups is 3. The quantitative estimate of drug-likeness (QED) is 0.544. The third-order valence-electron chi connectivity index (χ3n) is 4.02. The molecule has 0 aromatic heterocycles. The van der Waals surface area contributed by atoms with Crippen molar-refractivity contribution in [2.75, 3.05) is 18.8 Å². The summed E-state index contributed by atoms with van der Waals surface area (Å²) in [6.45, 7) is 2.38. The van der Waals surface area contributed by atoms with Gasteiger partial charge in [0.25, 0.3) is 17.1 Å². The van der Waals surface area contributed by atoms with Crippen LogP contribution < -0.4 is 5.32 Å². The molecule has 5 nitrogen and oxygen atoms in total. The van der Waals surface area contributed by atoms with E-state index >= 15 is 0 Å². The van der Waals surface area contributed by atoms with Crippen molar-refractivity contribution in [1.29, 1.82) is 0 Å². The summed E-state index contributed by atoms with van der Waals surface area (Å²) in [7, 11) is 0. The number of thioether (sulfide) groups is 2. The van der Waals surface area contributed by atoms with Crippen molar-refractivity contribution in [2.45, 2.75) is 11.8 Å². The maximum Gasteiger partial charge on any atom is 0.293 e. The Morgan fingerprint density at radius 3 is 2.57 bits per heavy atom. The van der Waals surface area contributed by atoms with Crippen LogP contribution in [0, 0.1) is 0 Å². The van der Waals surface area contributed by atoms with E-state index in [1.807, 2.05) is 55.5 Å². The zero-order chi connectivity index (χ0) is 19.9. The molecule has 2 aromatic carbocycles. The molecule has 1 heterocycles. The first kappa shape index (κ1) is 20.2. The molecule has 1 aliphatic heterocycles. The minimum absolute atomic E-state index is 0.144. The molecule has 1 N–H and O–H groups in total. The maximum absolute atomic E-state index is 12.5. The minimum Gasteiger partial charge on any atom is -0.350 e. The monoisotopic (exact) mass is 412 g/mol. The predicted molar refractivity (Wildman–Crippen MR) is 114 cm³/mol. The highest BCUT2D eigenvalue weighted by Crippen LogP contribution is 2.31. The lowest BCUT2D eigenvalue weighted by atomic mass is 10.2. The van der Waals surface area contributed by atoms with Crippen molar-refractivity contribution >= 4 is 46.7 Å². The molecule has 1 saturated heterocycles. The molecule has 0 spiro atoms. The Bertz CT molecular complexity index is 913. The van der Waals surface area contributed by atoms with Gasteiger partial charge in [0.05, 0.1) is 10.5 Å². The van der Waals surface area contributed by atoms with E-state index in [1.165, 1.54) is 4.90 Å². The largest absolute Gasteiger partial charge is 0.350 e. The van der Waals surface area contributed by atoms with E-state index in [9.17, 15) is 14.4 Å². The Labute approximate surface area is 172 Å². The van der Waals surface area contributed by atoms with Gasteiger partial charge in [-0.1, -0.05) is 49.4 Å². The highest BCUT2D eigenvalue weighted by atomic mass is 32.2. The van der Waals surface area contributed by atoms with E-state index in [1.54, 1.807) is 23.9 Å². The highest BCUT2D eigenvalue weighted by molar-refractivity contribution is 8.18. The number of imide groups is 1. The molecule has 3 amide bonds. The van der Waals surface area contributed by atoms with Crippen LogP contribution in [-0.4, -0.2) is 40.8 Å². The highest BCUT2D eigenvalue weighted by Gasteiger charge is 2.34. The summed E-state index contributed by atoms with van der Waals surface area (Å²) in [5.41, 5.74) is 1.47. The van der Waals surface area contributed by atoms with Crippen LogP contribution in [0.5, 0.6) is 0 Å². The number of hydrogen-bond acceptors (Lipinski definition) is 5. The van der Waals surface area contributed by atoms with Gasteiger partial charge >= 0.3 is 0 Å². The lowest BCUT2D eigenvalue weighted by Gasteiger charge is -2.14. The van der Waals surface area contributed by atoms with Crippen LogP contribution in [0.25, 0.3) is 6.08 Å². The summed E-state index contributed by atoms with van der Waals surface area (Å²) >= 11 is 2.52. The molecule has 1 fully saturated rings. The molecule has 0 bridgehead atoms. The second kappa shape index (κ2) is 9.61. The fourth-order valence-corrected chi connectivity index (χ4v) is 4.37. The summed E-state index contributed by atoms with van der Waals surface area (Å²) in [4.78, 5) is 39.6. The van der Waals surface area contributed by atoms with Gasteiger partial charge in [-0.2, -0.15) is 0 Å². The molecule has 0 saturated carbocycles. The lowest BCUT2D eigenvalue weighted by molar-refractivity contribution is -0.122. The summed E-state index contributed by atoms with van der Waals surface area (Å²) in [6.07, 6.45) is 1.71. The summed E-state index contributed by atoms with van der Waals surface area (Å²) in [5.74, 6) is 0.341. The van der Waals surface area contributed by atoms with Crippen LogP contribution in [0.4, 0.5) is 4.79 Å². The molecule has 7 heteroatoms. The van der Waals surface area contributed by atoms with Gasteiger partial charge in [-0.05, 0) is 41.3 Å². The molecule has 0 aliphatic carbocycles. The third kappa shape index (κ3) is 4.85. The Balaban J connectivity index is 1.59. The standard InChI is InChI=1S/C21H20N2O3S2/c1-2-27-17-11-7-6-10-16(17)19(24)22-12-13-23-20(25)18(28-21(23)26)14-15-8-4-3-5-9-15/h3-11,14H,2,12-13H2,1H3,(H,22,24)/b18-14+. The Morgan fingerprint density at radius 1 is 1.11 bits per heavy atom. The number of hydrogen-bond donors (Lipinski definition) is 1. The van der Waals surface area contributed by atoms with E-state index < -0.39 is 0 Å². The predicted octanol–water partition coefficient (Wildman–Crippen LogP) is 4.26. The number of benzene rings is 2. The molecule has 3 rings (SSSR count). The molecule has 0 unspecified atom stereocenters. The minimum atomic E-state index is -0.324. The number of rotatable bonds is 7. The normalized spacial score (nSPS) is 15.3. The van der Waals surface area contributed by atoms with Gasteiger partial charge in [0, 0.05) is 18.0 Å². The zero-order valence-corrected chi connectivity index (χ0v) is 17.0. The smallest absolute Gasteiger partial charge is 0.293 e. The van der Waals surface area contributed by atoms with Crippen molar-refractivity contribution in [3.8, 4) is 0 Å². The number of carbonyl (C=O) groups excluding carboxylic acids is 3. The third-order valence-corrected chi connectivity index (χ3v) is 5.89. The van der Waals surface area contributed by atoms with Gasteiger partial charge in [-0.25, -0.2) is 0 Å². The fraction of sp³-hybridized carbons (Fsp3) is 0.190. The Kier molecular flexibility index (Phi) is 6.95. The van der Waals surface area contributed by atoms with Crippen molar-refractivity contribution < 1.29 is 14.4 Å². The summed E-state index contributed by atoms with van der Waals surface area (Å²) < 4.78 is 0. The van der Waals surface area contributed by atoms with Gasteiger partial charge in [-0.3, -0.25) is 19.3 Å². The lowest BCUT2D eigenvalue weighted by Crippen LogP contribution is -2.37. The molecule has 2 aromatic rings. The van der Waals surface area contributed by atoms with Crippen molar-refractivity contribution in [3.63, 3.8) is 0 Å². The van der Waals surface area contributed by atoms with E-state index in [2.05, 4.69) is 5.32 Å². The zero-order valence-electron chi connectivity index (χ0n) is 15.4. The van der Waals surface area contributed by atoms with E-state index in [0.29, 0.717) is 10.5 Å².